The summed E-state index contributed by atoms with van der Waals surface area (Å²) in [6.45, 7) is 6.56. The second-order valence-electron chi connectivity index (χ2n) is 13.4. The minimum Gasteiger partial charge on any atom is -0.370 e. The lowest BCUT2D eigenvalue weighted by Gasteiger charge is -2.37. The maximum absolute atomic E-state index is 5.82. The maximum Gasteiger partial charge on any atom is 0.285 e. The average molecular weight is 649 g/mol. The molecule has 0 aromatic carbocycles. The minimum atomic E-state index is -0.892. The van der Waals surface area contributed by atoms with Crippen LogP contribution >= 0.6 is 11.6 Å². The summed E-state index contributed by atoms with van der Waals surface area (Å²) in [5.41, 5.74) is 0. The van der Waals surface area contributed by atoms with E-state index >= 15 is 0 Å². The molecule has 0 spiro atoms. The molecule has 1 aliphatic heterocycles. The van der Waals surface area contributed by atoms with Gasteiger partial charge in [-0.2, -0.15) is 0 Å². The first kappa shape index (κ1) is 42.1. The molecule has 7 heteroatoms. The molecule has 0 N–H and O–H groups in total. The van der Waals surface area contributed by atoms with E-state index in [9.17, 15) is 0 Å². The van der Waals surface area contributed by atoms with Crippen molar-refractivity contribution in [2.75, 3.05) is 41.4 Å². The third-order valence-corrected chi connectivity index (χ3v) is 10.7. The van der Waals surface area contributed by atoms with Gasteiger partial charge in [0.05, 0.1) is 12.2 Å². The second-order valence-corrected chi connectivity index (χ2v) is 13.8. The van der Waals surface area contributed by atoms with Crippen LogP contribution in [0.2, 0.25) is 0 Å². The summed E-state index contributed by atoms with van der Waals surface area (Å²) in [4.78, 5) is 0. The van der Waals surface area contributed by atoms with E-state index < -0.39 is 11.8 Å². The van der Waals surface area contributed by atoms with E-state index in [1.54, 1.807) is 35.5 Å². The lowest BCUT2D eigenvalue weighted by atomic mass is 9.82. The first-order chi connectivity index (χ1) is 21.3. The van der Waals surface area contributed by atoms with Gasteiger partial charge >= 0.3 is 0 Å². The summed E-state index contributed by atoms with van der Waals surface area (Å²) in [6, 6.07) is 0. The number of hydrogen-bond donors (Lipinski definition) is 0. The molecule has 1 saturated carbocycles. The van der Waals surface area contributed by atoms with Gasteiger partial charge in [-0.1, -0.05) is 90.9 Å². The molecule has 1 heterocycles. The van der Waals surface area contributed by atoms with Crippen molar-refractivity contribution in [1.82, 2.24) is 0 Å². The van der Waals surface area contributed by atoms with Crippen LogP contribution in [0.4, 0.5) is 0 Å². The Labute approximate surface area is 278 Å². The molecule has 1 saturated heterocycles. The molecular weight excluding hydrogens is 576 g/mol. The van der Waals surface area contributed by atoms with Gasteiger partial charge in [0.15, 0.2) is 5.79 Å². The minimum absolute atomic E-state index is 0.288. The summed E-state index contributed by atoms with van der Waals surface area (Å²) in [5.74, 6) is 0.880. The van der Waals surface area contributed by atoms with E-state index in [1.807, 2.05) is 6.92 Å². The highest BCUT2D eigenvalue weighted by atomic mass is 35.5. The Morgan fingerprint density at radius 3 is 1.59 bits per heavy atom. The summed E-state index contributed by atoms with van der Waals surface area (Å²) < 4.78 is 33.9. The summed E-state index contributed by atoms with van der Waals surface area (Å²) in [6.07, 6.45) is 27.5. The van der Waals surface area contributed by atoms with Gasteiger partial charge in [0, 0.05) is 53.3 Å². The number of ether oxygens (including phenoxy) is 6. The van der Waals surface area contributed by atoms with Crippen LogP contribution in [0.25, 0.3) is 0 Å². The summed E-state index contributed by atoms with van der Waals surface area (Å²) in [7, 11) is 8.57. The van der Waals surface area contributed by atoms with Crippen molar-refractivity contribution >= 4 is 11.6 Å². The van der Waals surface area contributed by atoms with Crippen molar-refractivity contribution in [3.63, 3.8) is 0 Å². The molecular formula is C37H73ClO6. The van der Waals surface area contributed by atoms with Crippen LogP contribution in [0.3, 0.4) is 0 Å². The fraction of sp³-hybridized carbons (Fsp3) is 1.00. The molecule has 1 aliphatic carbocycles. The maximum atomic E-state index is 5.82. The van der Waals surface area contributed by atoms with E-state index in [0.717, 1.165) is 37.5 Å². The smallest absolute Gasteiger partial charge is 0.285 e. The van der Waals surface area contributed by atoms with E-state index in [0.29, 0.717) is 18.1 Å². The zero-order chi connectivity index (χ0) is 32.7. The van der Waals surface area contributed by atoms with Crippen LogP contribution in [-0.2, 0) is 28.4 Å². The fourth-order valence-corrected chi connectivity index (χ4v) is 7.34. The highest BCUT2D eigenvalue weighted by Crippen LogP contribution is 2.42. The van der Waals surface area contributed by atoms with Gasteiger partial charge in [-0.3, -0.25) is 0 Å². The Hall–Kier alpha value is 0.0500. The Bertz CT molecular complexity index is 648. The Kier molecular flexibility index (Phi) is 24.0. The van der Waals surface area contributed by atoms with Crippen molar-refractivity contribution in [2.45, 2.75) is 180 Å². The summed E-state index contributed by atoms with van der Waals surface area (Å²) >= 11 is 5.82. The standard InChI is InChI=1S/C21H40O4.C16H33ClO2/c1-5-6-7-8-9-10-11-18(21(22-2,23-3)24-4)14-12-17-13-15-19-20(16-17)25-19;1-5-6-7-8-9-10-12-15(13-11-14-17)16(2,18-3)19-4/h17-20H,5-16H2,1-4H3;15H,5-14H2,1-4H3. The van der Waals surface area contributed by atoms with Gasteiger partial charge in [0.2, 0.25) is 0 Å². The first-order valence-electron chi connectivity index (χ1n) is 18.3. The van der Waals surface area contributed by atoms with Crippen molar-refractivity contribution in [1.29, 1.82) is 0 Å². The molecule has 44 heavy (non-hydrogen) atoms. The van der Waals surface area contributed by atoms with Crippen molar-refractivity contribution in [2.24, 2.45) is 17.8 Å². The SMILES string of the molecule is CCCCCCCCC(CCC1CCC2OC2C1)C(OC)(OC)OC.CCCCCCCCC(CCCCl)C(C)(OC)OC. The monoisotopic (exact) mass is 649 g/mol. The predicted molar refractivity (Wildman–Crippen MR) is 184 cm³/mol. The molecule has 0 radical (unpaired) electrons. The molecule has 5 atom stereocenters. The van der Waals surface area contributed by atoms with Gasteiger partial charge in [0.25, 0.3) is 5.97 Å². The van der Waals surface area contributed by atoms with Gasteiger partial charge in [-0.25, -0.2) is 0 Å². The molecule has 6 nitrogen and oxygen atoms in total. The number of unbranched alkanes of at least 4 members (excludes halogenated alkanes) is 10. The molecule has 0 bridgehead atoms. The quantitative estimate of drug-likeness (QED) is 0.0382. The third kappa shape index (κ3) is 15.8. The van der Waals surface area contributed by atoms with Crippen LogP contribution in [0, 0.1) is 17.8 Å². The van der Waals surface area contributed by atoms with Crippen molar-refractivity contribution in [3.8, 4) is 0 Å². The second kappa shape index (κ2) is 25.1. The molecule has 2 rings (SSSR count). The van der Waals surface area contributed by atoms with Crippen molar-refractivity contribution < 1.29 is 28.4 Å². The number of alkyl halides is 1. The third-order valence-electron chi connectivity index (χ3n) is 10.4. The molecule has 0 amide bonds. The highest BCUT2D eigenvalue weighted by Gasteiger charge is 2.45. The van der Waals surface area contributed by atoms with Gasteiger partial charge in [0.1, 0.15) is 0 Å². The van der Waals surface area contributed by atoms with Crippen molar-refractivity contribution in [3.05, 3.63) is 0 Å². The fourth-order valence-electron chi connectivity index (χ4n) is 7.18. The number of halogens is 1. The molecule has 5 unspecified atom stereocenters. The predicted octanol–water partition coefficient (Wildman–Crippen LogP) is 10.7. The first-order valence-corrected chi connectivity index (χ1v) is 18.8. The number of fused-ring (bicyclic) bond motifs is 1. The lowest BCUT2D eigenvalue weighted by molar-refractivity contribution is -0.380. The summed E-state index contributed by atoms with van der Waals surface area (Å²) in [5, 5.41) is 0. The molecule has 0 aromatic heterocycles. The molecule has 264 valence electrons. The van der Waals surface area contributed by atoms with E-state index in [1.165, 1.54) is 109 Å². The molecule has 2 fully saturated rings. The zero-order valence-electron chi connectivity index (χ0n) is 30.3. The van der Waals surface area contributed by atoms with E-state index in [-0.39, 0.29) is 5.92 Å². The lowest BCUT2D eigenvalue weighted by Crippen LogP contribution is -2.44. The zero-order valence-corrected chi connectivity index (χ0v) is 31.0. The van der Waals surface area contributed by atoms with Gasteiger partial charge in [-0.05, 0) is 70.6 Å². The molecule has 2 aliphatic rings. The number of hydrogen-bond acceptors (Lipinski definition) is 6. The largest absolute Gasteiger partial charge is 0.370 e. The van der Waals surface area contributed by atoms with Gasteiger partial charge in [-0.15, -0.1) is 11.6 Å². The van der Waals surface area contributed by atoms with Crippen LogP contribution in [-0.4, -0.2) is 65.4 Å². The van der Waals surface area contributed by atoms with Crippen LogP contribution in [0.15, 0.2) is 0 Å². The van der Waals surface area contributed by atoms with E-state index in [4.69, 9.17) is 40.0 Å². The van der Waals surface area contributed by atoms with Crippen LogP contribution < -0.4 is 0 Å². The van der Waals surface area contributed by atoms with Gasteiger partial charge < -0.3 is 28.4 Å². The Morgan fingerprint density at radius 2 is 1.11 bits per heavy atom. The van der Waals surface area contributed by atoms with E-state index in [2.05, 4.69) is 13.8 Å². The van der Waals surface area contributed by atoms with Crippen LogP contribution in [0.5, 0.6) is 0 Å². The average Bonchev–Trinajstić information content (AvgIpc) is 3.84. The topological polar surface area (TPSA) is 58.7 Å². The highest BCUT2D eigenvalue weighted by molar-refractivity contribution is 6.17. The molecule has 0 aromatic rings. The number of rotatable bonds is 27. The normalized spacial score (nSPS) is 21.3. The van der Waals surface area contributed by atoms with Crippen LogP contribution in [0.1, 0.15) is 156 Å². The Morgan fingerprint density at radius 1 is 0.614 bits per heavy atom. The number of methoxy groups -OCH3 is 5. The Balaban J connectivity index is 0.000000459. The number of epoxide rings is 1.